The second kappa shape index (κ2) is 6.85. The first kappa shape index (κ1) is 15.7. The summed E-state index contributed by atoms with van der Waals surface area (Å²) < 4.78 is 15.9. The number of nitrogens with one attached hydrogen (secondary N) is 1. The Hall–Kier alpha value is -1.68. The zero-order valence-corrected chi connectivity index (χ0v) is 13.2. The molecular formula is C17H24FN3. The van der Waals surface area contributed by atoms with Crippen molar-refractivity contribution in [1.29, 1.82) is 0 Å². The van der Waals surface area contributed by atoms with Crippen LogP contribution in [-0.2, 0) is 6.54 Å². The van der Waals surface area contributed by atoms with E-state index in [1.54, 1.807) is 10.7 Å². The molecule has 1 aromatic carbocycles. The number of rotatable bonds is 6. The fraction of sp³-hybridized carbons (Fsp3) is 0.471. The van der Waals surface area contributed by atoms with Crippen LogP contribution in [0, 0.1) is 11.7 Å². The van der Waals surface area contributed by atoms with Crippen molar-refractivity contribution in [1.82, 2.24) is 15.1 Å². The fourth-order valence-electron chi connectivity index (χ4n) is 2.20. The van der Waals surface area contributed by atoms with Gasteiger partial charge in [0.05, 0.1) is 11.4 Å². The highest BCUT2D eigenvalue weighted by Crippen LogP contribution is 2.20. The average Bonchev–Trinajstić information content (AvgIpc) is 2.90. The van der Waals surface area contributed by atoms with Gasteiger partial charge in [0.25, 0.3) is 0 Å². The van der Waals surface area contributed by atoms with Crippen molar-refractivity contribution in [3.63, 3.8) is 0 Å². The minimum absolute atomic E-state index is 0.189. The maximum atomic E-state index is 14.1. The summed E-state index contributed by atoms with van der Waals surface area (Å²) in [5.41, 5.74) is 2.48. The van der Waals surface area contributed by atoms with Crippen LogP contribution in [0.2, 0.25) is 0 Å². The average molecular weight is 289 g/mol. The molecule has 1 heterocycles. The van der Waals surface area contributed by atoms with E-state index in [0.29, 0.717) is 23.9 Å². The van der Waals surface area contributed by atoms with E-state index in [2.05, 4.69) is 38.1 Å². The fourth-order valence-corrected chi connectivity index (χ4v) is 2.20. The normalized spacial score (nSPS) is 11.6. The second-order valence-corrected chi connectivity index (χ2v) is 6.10. The molecule has 0 spiro atoms. The van der Waals surface area contributed by atoms with Gasteiger partial charge in [0.15, 0.2) is 0 Å². The monoisotopic (exact) mass is 289 g/mol. The Morgan fingerprint density at radius 2 is 1.95 bits per heavy atom. The van der Waals surface area contributed by atoms with Crippen LogP contribution in [0.4, 0.5) is 4.39 Å². The molecule has 4 heteroatoms. The lowest BCUT2D eigenvalue weighted by molar-refractivity contribution is 0.532. The first-order chi connectivity index (χ1) is 9.99. The molecule has 1 aromatic heterocycles. The van der Waals surface area contributed by atoms with Crippen LogP contribution in [0.25, 0.3) is 5.69 Å². The summed E-state index contributed by atoms with van der Waals surface area (Å²) in [6, 6.07) is 7.13. The molecule has 0 aliphatic heterocycles. The maximum Gasteiger partial charge on any atom is 0.129 e. The molecule has 0 fully saturated rings. The third kappa shape index (κ3) is 3.91. The lowest BCUT2D eigenvalue weighted by Gasteiger charge is -2.13. The summed E-state index contributed by atoms with van der Waals surface area (Å²) in [4.78, 5) is 0. The van der Waals surface area contributed by atoms with Gasteiger partial charge in [-0.1, -0.05) is 33.8 Å². The van der Waals surface area contributed by atoms with Crippen molar-refractivity contribution in [2.24, 2.45) is 5.92 Å². The summed E-state index contributed by atoms with van der Waals surface area (Å²) in [7, 11) is 0. The molecule has 1 N–H and O–H groups in total. The standard InChI is InChI=1S/C17H24FN3/c1-12(2)10-19-11-14-15(18)6-5-7-17(14)21-9-8-16(20-21)13(3)4/h5-9,12-13,19H,10-11H2,1-4H3. The molecule has 0 saturated carbocycles. The molecule has 0 aliphatic rings. The largest absolute Gasteiger partial charge is 0.312 e. The smallest absolute Gasteiger partial charge is 0.129 e. The lowest BCUT2D eigenvalue weighted by atomic mass is 10.1. The molecule has 0 amide bonds. The van der Waals surface area contributed by atoms with Crippen LogP contribution in [0.15, 0.2) is 30.5 Å². The Labute approximate surface area is 126 Å². The van der Waals surface area contributed by atoms with Gasteiger partial charge in [-0.15, -0.1) is 0 Å². The quantitative estimate of drug-likeness (QED) is 0.874. The van der Waals surface area contributed by atoms with Crippen molar-refractivity contribution in [2.75, 3.05) is 6.54 Å². The van der Waals surface area contributed by atoms with E-state index >= 15 is 0 Å². The Balaban J connectivity index is 2.27. The first-order valence-electron chi connectivity index (χ1n) is 7.53. The van der Waals surface area contributed by atoms with Crippen molar-refractivity contribution in [3.8, 4) is 5.69 Å². The van der Waals surface area contributed by atoms with Gasteiger partial charge in [-0.05, 0) is 36.6 Å². The molecule has 2 rings (SSSR count). The predicted octanol–water partition coefficient (Wildman–Crippen LogP) is 3.88. The van der Waals surface area contributed by atoms with Crippen LogP contribution in [-0.4, -0.2) is 16.3 Å². The maximum absolute atomic E-state index is 14.1. The number of halogens is 1. The zero-order chi connectivity index (χ0) is 15.4. The molecule has 0 radical (unpaired) electrons. The molecular weight excluding hydrogens is 265 g/mol. The van der Waals surface area contributed by atoms with E-state index in [9.17, 15) is 4.39 Å². The molecule has 0 atom stereocenters. The van der Waals surface area contributed by atoms with E-state index in [1.165, 1.54) is 6.07 Å². The highest BCUT2D eigenvalue weighted by atomic mass is 19.1. The first-order valence-corrected chi connectivity index (χ1v) is 7.53. The van der Waals surface area contributed by atoms with Gasteiger partial charge in [-0.2, -0.15) is 5.10 Å². The summed E-state index contributed by atoms with van der Waals surface area (Å²) in [5, 5.41) is 7.85. The topological polar surface area (TPSA) is 29.9 Å². The van der Waals surface area contributed by atoms with Crippen LogP contribution < -0.4 is 5.32 Å². The van der Waals surface area contributed by atoms with E-state index in [-0.39, 0.29) is 5.82 Å². The Morgan fingerprint density at radius 3 is 2.57 bits per heavy atom. The lowest BCUT2D eigenvalue weighted by Crippen LogP contribution is -2.21. The van der Waals surface area contributed by atoms with Crippen molar-refractivity contribution < 1.29 is 4.39 Å². The highest BCUT2D eigenvalue weighted by Gasteiger charge is 2.12. The Morgan fingerprint density at radius 1 is 1.19 bits per heavy atom. The van der Waals surface area contributed by atoms with Gasteiger partial charge in [-0.25, -0.2) is 9.07 Å². The number of hydrogen-bond donors (Lipinski definition) is 1. The van der Waals surface area contributed by atoms with Gasteiger partial charge in [0.2, 0.25) is 0 Å². The third-order valence-electron chi connectivity index (χ3n) is 3.40. The van der Waals surface area contributed by atoms with Crippen molar-refractivity contribution in [2.45, 2.75) is 40.2 Å². The minimum atomic E-state index is -0.189. The van der Waals surface area contributed by atoms with E-state index in [4.69, 9.17) is 0 Å². The van der Waals surface area contributed by atoms with Crippen LogP contribution in [0.3, 0.4) is 0 Å². The second-order valence-electron chi connectivity index (χ2n) is 6.10. The zero-order valence-electron chi connectivity index (χ0n) is 13.2. The summed E-state index contributed by atoms with van der Waals surface area (Å²) in [6.07, 6.45) is 1.90. The Kier molecular flexibility index (Phi) is 5.12. The molecule has 2 aromatic rings. The summed E-state index contributed by atoms with van der Waals surface area (Å²) >= 11 is 0. The SMILES string of the molecule is CC(C)CNCc1c(F)cccc1-n1ccc(C(C)C)n1. The number of nitrogens with zero attached hydrogens (tertiary/aromatic N) is 2. The number of aromatic nitrogens is 2. The van der Waals surface area contributed by atoms with Gasteiger partial charge in [0.1, 0.15) is 5.82 Å². The van der Waals surface area contributed by atoms with Gasteiger partial charge in [-0.3, -0.25) is 0 Å². The molecule has 0 bridgehead atoms. The predicted molar refractivity (Wildman–Crippen MR) is 84.2 cm³/mol. The van der Waals surface area contributed by atoms with Crippen LogP contribution in [0.5, 0.6) is 0 Å². The minimum Gasteiger partial charge on any atom is -0.312 e. The number of benzene rings is 1. The van der Waals surface area contributed by atoms with Crippen molar-refractivity contribution in [3.05, 3.63) is 47.5 Å². The molecule has 114 valence electrons. The number of hydrogen-bond acceptors (Lipinski definition) is 2. The molecule has 0 unspecified atom stereocenters. The third-order valence-corrected chi connectivity index (χ3v) is 3.40. The van der Waals surface area contributed by atoms with Gasteiger partial charge >= 0.3 is 0 Å². The van der Waals surface area contributed by atoms with E-state index in [1.807, 2.05) is 18.3 Å². The van der Waals surface area contributed by atoms with Gasteiger partial charge in [0, 0.05) is 18.3 Å². The van der Waals surface area contributed by atoms with Crippen LogP contribution in [0.1, 0.15) is 44.9 Å². The molecule has 0 aliphatic carbocycles. The van der Waals surface area contributed by atoms with Gasteiger partial charge < -0.3 is 5.32 Å². The van der Waals surface area contributed by atoms with E-state index in [0.717, 1.165) is 17.9 Å². The summed E-state index contributed by atoms with van der Waals surface area (Å²) in [6.45, 7) is 9.85. The van der Waals surface area contributed by atoms with E-state index < -0.39 is 0 Å². The van der Waals surface area contributed by atoms with Crippen molar-refractivity contribution >= 4 is 0 Å². The molecule has 3 nitrogen and oxygen atoms in total. The molecule has 0 saturated heterocycles. The molecule has 21 heavy (non-hydrogen) atoms. The summed E-state index contributed by atoms with van der Waals surface area (Å²) in [5.74, 6) is 0.713. The van der Waals surface area contributed by atoms with Crippen LogP contribution >= 0.6 is 0 Å². The Bertz CT molecular complexity index is 587. The highest BCUT2D eigenvalue weighted by molar-refractivity contribution is 5.41.